The molecule has 0 aliphatic heterocycles. The van der Waals surface area contributed by atoms with Crippen molar-refractivity contribution in [2.45, 2.75) is 91.4 Å². The number of aryl methyl sites for hydroxylation is 1. The third-order valence-electron chi connectivity index (χ3n) is 8.37. The van der Waals surface area contributed by atoms with Crippen LogP contribution in [0, 0.1) is 6.92 Å². The molecule has 0 saturated heterocycles. The molecular formula is C40H52O6P2. The zero-order valence-corrected chi connectivity index (χ0v) is 31.2. The largest absolute Gasteiger partial charge is 0.423 e. The topological polar surface area (TPSA) is 71.1 Å². The molecule has 2 atom stereocenters. The molecule has 258 valence electrons. The SMILES string of the molecule is CCCCCCC(C)(C)c1cc(OP(=O)(Cc2ccccc2)OCC)c(-c2cccc(C)c2)c(OP(=O)(Cc2ccccc2)OCC)c1. The fourth-order valence-corrected chi connectivity index (χ4v) is 9.27. The van der Waals surface area contributed by atoms with Crippen molar-refractivity contribution in [1.29, 1.82) is 0 Å². The number of hydrogen-bond acceptors (Lipinski definition) is 6. The Bertz CT molecular complexity index is 1600. The van der Waals surface area contributed by atoms with Crippen LogP contribution in [-0.2, 0) is 35.9 Å². The Morgan fingerprint density at radius 2 is 1.15 bits per heavy atom. The van der Waals surface area contributed by atoms with Crippen LogP contribution in [-0.4, -0.2) is 13.2 Å². The van der Waals surface area contributed by atoms with Gasteiger partial charge in [-0.2, -0.15) is 0 Å². The van der Waals surface area contributed by atoms with E-state index in [0.29, 0.717) is 17.1 Å². The van der Waals surface area contributed by atoms with Crippen molar-refractivity contribution >= 4 is 15.2 Å². The second-order valence-electron chi connectivity index (χ2n) is 12.9. The van der Waals surface area contributed by atoms with Crippen LogP contribution in [0.3, 0.4) is 0 Å². The minimum absolute atomic E-state index is 0.0984. The highest BCUT2D eigenvalue weighted by Crippen LogP contribution is 2.58. The van der Waals surface area contributed by atoms with Gasteiger partial charge in [0.15, 0.2) is 0 Å². The first kappa shape index (κ1) is 37.7. The highest BCUT2D eigenvalue weighted by atomic mass is 31.2. The highest BCUT2D eigenvalue weighted by Gasteiger charge is 2.34. The molecule has 0 saturated carbocycles. The summed E-state index contributed by atoms with van der Waals surface area (Å²) in [4.78, 5) is 0. The van der Waals surface area contributed by atoms with Crippen molar-refractivity contribution in [3.8, 4) is 22.6 Å². The molecule has 0 fully saturated rings. The first-order chi connectivity index (χ1) is 23.0. The van der Waals surface area contributed by atoms with Crippen molar-refractivity contribution in [2.24, 2.45) is 0 Å². The van der Waals surface area contributed by atoms with Crippen LogP contribution < -0.4 is 9.05 Å². The Kier molecular flexibility index (Phi) is 13.7. The van der Waals surface area contributed by atoms with E-state index in [2.05, 4.69) is 20.8 Å². The molecule has 48 heavy (non-hydrogen) atoms. The molecule has 4 rings (SSSR count). The Hall–Kier alpha value is -3.14. The van der Waals surface area contributed by atoms with Crippen molar-refractivity contribution < 1.29 is 27.2 Å². The van der Waals surface area contributed by atoms with Crippen LogP contribution in [0.4, 0.5) is 0 Å². The summed E-state index contributed by atoms with van der Waals surface area (Å²) in [5, 5.41) is 0. The van der Waals surface area contributed by atoms with Gasteiger partial charge in [-0.25, -0.2) is 9.13 Å². The second kappa shape index (κ2) is 17.5. The van der Waals surface area contributed by atoms with Gasteiger partial charge in [-0.15, -0.1) is 0 Å². The minimum Gasteiger partial charge on any atom is -0.423 e. The van der Waals surface area contributed by atoms with Gasteiger partial charge in [-0.1, -0.05) is 137 Å². The average Bonchev–Trinajstić information content (AvgIpc) is 3.04. The smallest absolute Gasteiger partial charge is 0.383 e. The maximum absolute atomic E-state index is 14.6. The van der Waals surface area contributed by atoms with Crippen molar-refractivity contribution in [3.63, 3.8) is 0 Å². The van der Waals surface area contributed by atoms with Crippen LogP contribution in [0.1, 0.15) is 89.0 Å². The van der Waals surface area contributed by atoms with Gasteiger partial charge in [0.2, 0.25) is 0 Å². The first-order valence-electron chi connectivity index (χ1n) is 17.2. The lowest BCUT2D eigenvalue weighted by Crippen LogP contribution is -2.18. The molecule has 4 aromatic carbocycles. The molecule has 4 aromatic rings. The number of hydrogen-bond donors (Lipinski definition) is 0. The third kappa shape index (κ3) is 10.7. The van der Waals surface area contributed by atoms with E-state index in [-0.39, 0.29) is 31.0 Å². The van der Waals surface area contributed by atoms with E-state index in [1.165, 1.54) is 6.42 Å². The first-order valence-corrected chi connectivity index (χ1v) is 20.6. The standard InChI is InChI=1S/C40H52O6P2/c1-7-10-11-18-26-40(5,6)36-28-37(45-47(41,43-8-2)30-33-21-14-12-15-22-33)39(35-25-19-20-32(4)27-35)38(29-36)46-48(42,44-9-3)31-34-23-16-13-17-24-34/h12-17,19-25,27-29H,7-11,18,26,30-31H2,1-6H3. The zero-order chi connectivity index (χ0) is 34.6. The summed E-state index contributed by atoms with van der Waals surface area (Å²) in [7, 11) is -7.44. The van der Waals surface area contributed by atoms with Crippen LogP contribution in [0.15, 0.2) is 97.1 Å². The summed E-state index contributed by atoms with van der Waals surface area (Å²) in [6.45, 7) is 12.7. The normalized spacial score (nSPS) is 14.2. The Morgan fingerprint density at radius 1 is 0.625 bits per heavy atom. The quantitative estimate of drug-likeness (QED) is 0.0720. The molecule has 0 N–H and O–H groups in total. The molecule has 0 amide bonds. The summed E-state index contributed by atoms with van der Waals surface area (Å²) >= 11 is 0. The van der Waals surface area contributed by atoms with Crippen LogP contribution >= 0.6 is 15.2 Å². The van der Waals surface area contributed by atoms with Crippen LogP contribution in [0.25, 0.3) is 11.1 Å². The predicted molar refractivity (Wildman–Crippen MR) is 198 cm³/mol. The molecule has 8 heteroatoms. The van der Waals surface area contributed by atoms with Crippen molar-refractivity contribution in [3.05, 3.63) is 119 Å². The monoisotopic (exact) mass is 690 g/mol. The minimum atomic E-state index is -3.72. The fourth-order valence-electron chi connectivity index (χ4n) is 5.86. The van der Waals surface area contributed by atoms with E-state index in [4.69, 9.17) is 18.1 Å². The summed E-state index contributed by atoms with van der Waals surface area (Å²) in [6.07, 6.45) is 5.66. The van der Waals surface area contributed by atoms with Gasteiger partial charge in [0.1, 0.15) is 11.5 Å². The Morgan fingerprint density at radius 3 is 1.60 bits per heavy atom. The molecule has 0 bridgehead atoms. The van der Waals surface area contributed by atoms with Gasteiger partial charge in [0.25, 0.3) is 0 Å². The average molecular weight is 691 g/mol. The molecular weight excluding hydrogens is 638 g/mol. The van der Waals surface area contributed by atoms with Crippen LogP contribution in [0.2, 0.25) is 0 Å². The van der Waals surface area contributed by atoms with E-state index in [1.807, 2.05) is 118 Å². The van der Waals surface area contributed by atoms with Gasteiger partial charge in [-0.05, 0) is 67.0 Å². The van der Waals surface area contributed by atoms with E-state index >= 15 is 0 Å². The third-order valence-corrected chi connectivity index (χ3v) is 12.1. The van der Waals surface area contributed by atoms with E-state index in [0.717, 1.165) is 53.5 Å². The second-order valence-corrected chi connectivity index (χ2v) is 16.9. The van der Waals surface area contributed by atoms with Gasteiger partial charge >= 0.3 is 15.2 Å². The summed E-state index contributed by atoms with van der Waals surface area (Å²) < 4.78 is 54.3. The van der Waals surface area contributed by atoms with Crippen molar-refractivity contribution in [2.75, 3.05) is 13.2 Å². The maximum Gasteiger partial charge on any atom is 0.383 e. The van der Waals surface area contributed by atoms with Gasteiger partial charge < -0.3 is 9.05 Å². The van der Waals surface area contributed by atoms with E-state index < -0.39 is 15.2 Å². The van der Waals surface area contributed by atoms with Gasteiger partial charge in [0, 0.05) is 0 Å². The zero-order valence-electron chi connectivity index (χ0n) is 29.4. The van der Waals surface area contributed by atoms with E-state index in [9.17, 15) is 9.13 Å². The number of rotatable bonds is 19. The maximum atomic E-state index is 14.6. The summed E-state index contributed by atoms with van der Waals surface area (Å²) in [6, 6.07) is 31.1. The molecule has 0 radical (unpaired) electrons. The van der Waals surface area contributed by atoms with Crippen molar-refractivity contribution in [1.82, 2.24) is 0 Å². The van der Waals surface area contributed by atoms with E-state index in [1.54, 1.807) is 0 Å². The lowest BCUT2D eigenvalue weighted by Gasteiger charge is -2.30. The Balaban J connectivity index is 1.93. The molecule has 0 aromatic heterocycles. The van der Waals surface area contributed by atoms with Gasteiger partial charge in [0.05, 0.1) is 31.1 Å². The van der Waals surface area contributed by atoms with Gasteiger partial charge in [-0.3, -0.25) is 9.05 Å². The molecule has 6 nitrogen and oxygen atoms in total. The molecule has 0 spiro atoms. The summed E-state index contributed by atoms with van der Waals surface area (Å²) in [5.74, 6) is 0.732. The predicted octanol–water partition coefficient (Wildman–Crippen LogP) is 12.5. The molecule has 0 aliphatic carbocycles. The molecule has 0 aliphatic rings. The molecule has 0 heterocycles. The lowest BCUT2D eigenvalue weighted by molar-refractivity contribution is 0.276. The summed E-state index contributed by atoms with van der Waals surface area (Å²) in [5.41, 5.74) is 4.71. The number of unbranched alkanes of at least 4 members (excludes halogenated alkanes) is 3. The Labute approximate surface area is 288 Å². The molecule has 2 unspecified atom stereocenters. The number of benzene rings is 4. The fraction of sp³-hybridized carbons (Fsp3) is 0.400. The van der Waals surface area contributed by atoms with Crippen LogP contribution in [0.5, 0.6) is 11.5 Å². The highest BCUT2D eigenvalue weighted by molar-refractivity contribution is 7.53. The lowest BCUT2D eigenvalue weighted by atomic mass is 9.79.